The van der Waals surface area contributed by atoms with Gasteiger partial charge in [-0.3, -0.25) is 0 Å². The summed E-state index contributed by atoms with van der Waals surface area (Å²) >= 11 is 0. The first kappa shape index (κ1) is 10.7. The Hall–Kier alpha value is -1.84. The van der Waals surface area contributed by atoms with E-state index >= 15 is 0 Å². The van der Waals surface area contributed by atoms with Gasteiger partial charge in [-0.25, -0.2) is 9.59 Å². The largest absolute Gasteiger partial charge is 0.415 e. The fourth-order valence-electron chi connectivity index (χ4n) is 1.74. The topological polar surface area (TPSA) is 55.4 Å². The first-order valence-electron chi connectivity index (χ1n) is 5.32. The van der Waals surface area contributed by atoms with E-state index in [2.05, 4.69) is 10.1 Å². The van der Waals surface area contributed by atoms with E-state index in [0.29, 0.717) is 6.42 Å². The van der Waals surface area contributed by atoms with Crippen molar-refractivity contribution in [3.63, 3.8) is 0 Å². The number of hydrogen-bond donors (Lipinski definition) is 1. The molecule has 84 valence electrons. The van der Waals surface area contributed by atoms with Crippen LogP contribution >= 0.6 is 0 Å². The maximum atomic E-state index is 11.1. The predicted molar refractivity (Wildman–Crippen MR) is 57.8 cm³/mol. The van der Waals surface area contributed by atoms with E-state index < -0.39 is 18.1 Å². The van der Waals surface area contributed by atoms with Gasteiger partial charge in [0.2, 0.25) is 0 Å². The van der Waals surface area contributed by atoms with Crippen molar-refractivity contribution >= 4 is 12.1 Å². The number of rotatable bonds is 4. The molecule has 2 rings (SSSR count). The molecule has 1 heterocycles. The van der Waals surface area contributed by atoms with Gasteiger partial charge in [-0.15, -0.1) is 0 Å². The average Bonchev–Trinajstić information content (AvgIpc) is 2.59. The number of nitrogens with one attached hydrogen (secondary N) is 1. The van der Waals surface area contributed by atoms with Gasteiger partial charge >= 0.3 is 12.1 Å². The van der Waals surface area contributed by atoms with Crippen LogP contribution in [0.1, 0.15) is 18.4 Å². The summed E-state index contributed by atoms with van der Waals surface area (Å²) in [6.07, 6.45) is 1.75. The van der Waals surface area contributed by atoms with E-state index in [9.17, 15) is 9.59 Å². The summed E-state index contributed by atoms with van der Waals surface area (Å²) in [5.41, 5.74) is 1.24. The Morgan fingerprint density at radius 3 is 2.56 bits per heavy atom. The fraction of sp³-hybridized carbons (Fsp3) is 0.333. The van der Waals surface area contributed by atoms with Crippen LogP contribution in [0.5, 0.6) is 0 Å². The molecule has 0 saturated carbocycles. The quantitative estimate of drug-likeness (QED) is 0.618. The summed E-state index contributed by atoms with van der Waals surface area (Å²) in [6, 6.07) is 9.58. The number of carbonyl (C=O) groups is 2. The number of amides is 1. The highest BCUT2D eigenvalue weighted by molar-refractivity contribution is 5.95. The smallest absolute Gasteiger partial charge is 0.375 e. The molecule has 16 heavy (non-hydrogen) atoms. The van der Waals surface area contributed by atoms with Crippen LogP contribution in [0.2, 0.25) is 0 Å². The monoisotopic (exact) mass is 219 g/mol. The number of benzene rings is 1. The minimum Gasteiger partial charge on any atom is -0.375 e. The first-order chi connectivity index (χ1) is 7.75. The second-order valence-corrected chi connectivity index (χ2v) is 3.78. The number of cyclic esters (lactones) is 2. The molecule has 1 aromatic carbocycles. The number of hydrogen-bond acceptors (Lipinski definition) is 3. The Kier molecular flexibility index (Phi) is 3.19. The van der Waals surface area contributed by atoms with Gasteiger partial charge in [-0.05, 0) is 24.8 Å². The molecular formula is C12H13NO3. The molecule has 1 amide bonds. The van der Waals surface area contributed by atoms with Gasteiger partial charge in [0.05, 0.1) is 0 Å². The lowest BCUT2D eigenvalue weighted by molar-refractivity contribution is -0.135. The highest BCUT2D eigenvalue weighted by atomic mass is 16.6. The zero-order valence-corrected chi connectivity index (χ0v) is 8.81. The summed E-state index contributed by atoms with van der Waals surface area (Å²) in [5, 5.41) is 2.48. The molecule has 1 aromatic rings. The van der Waals surface area contributed by atoms with Crippen molar-refractivity contribution in [2.45, 2.75) is 25.3 Å². The van der Waals surface area contributed by atoms with Crippen molar-refractivity contribution < 1.29 is 14.3 Å². The Labute approximate surface area is 93.6 Å². The maximum absolute atomic E-state index is 11.1. The van der Waals surface area contributed by atoms with Crippen LogP contribution in [0.15, 0.2) is 30.3 Å². The van der Waals surface area contributed by atoms with Gasteiger partial charge < -0.3 is 10.1 Å². The molecule has 1 atom stereocenters. The third kappa shape index (κ3) is 2.59. The van der Waals surface area contributed by atoms with Crippen LogP contribution in [0.25, 0.3) is 0 Å². The van der Waals surface area contributed by atoms with Crippen molar-refractivity contribution in [2.24, 2.45) is 0 Å². The summed E-state index contributed by atoms with van der Waals surface area (Å²) in [7, 11) is 0. The van der Waals surface area contributed by atoms with E-state index in [1.54, 1.807) is 0 Å². The summed E-state index contributed by atoms with van der Waals surface area (Å²) in [5.74, 6) is -0.460. The van der Waals surface area contributed by atoms with E-state index in [4.69, 9.17) is 0 Å². The van der Waals surface area contributed by atoms with E-state index in [0.717, 1.165) is 12.8 Å². The number of alkyl carbamates (subject to hydrolysis) is 1. The molecule has 1 N–H and O–H groups in total. The number of ether oxygens (including phenoxy) is 1. The Balaban J connectivity index is 1.76. The Bertz CT molecular complexity index is 389. The minimum atomic E-state index is -0.630. The van der Waals surface area contributed by atoms with Crippen LogP contribution in [0.3, 0.4) is 0 Å². The molecule has 0 bridgehead atoms. The minimum absolute atomic E-state index is 0.460. The lowest BCUT2D eigenvalue weighted by Gasteiger charge is -2.05. The van der Waals surface area contributed by atoms with Crippen molar-refractivity contribution in [3.8, 4) is 0 Å². The molecule has 0 radical (unpaired) electrons. The third-order valence-electron chi connectivity index (χ3n) is 2.57. The van der Waals surface area contributed by atoms with Crippen LogP contribution < -0.4 is 5.32 Å². The molecule has 0 aliphatic carbocycles. The third-order valence-corrected chi connectivity index (χ3v) is 2.57. The SMILES string of the molecule is O=C1N[C@@H](CCCc2ccccc2)C(=O)O1. The second-order valence-electron chi connectivity index (χ2n) is 3.78. The zero-order chi connectivity index (χ0) is 11.4. The average molecular weight is 219 g/mol. The van der Waals surface area contributed by atoms with Gasteiger partial charge in [-0.1, -0.05) is 30.3 Å². The Morgan fingerprint density at radius 2 is 1.94 bits per heavy atom. The predicted octanol–water partition coefficient (Wildman–Crippen LogP) is 1.64. The van der Waals surface area contributed by atoms with Gasteiger partial charge in [0.1, 0.15) is 6.04 Å². The standard InChI is InChI=1S/C12H13NO3/c14-11-10(13-12(15)16-11)8-4-7-9-5-2-1-3-6-9/h1-3,5-6,10H,4,7-8H2,(H,13,15)/t10-/m0/s1. The highest BCUT2D eigenvalue weighted by Crippen LogP contribution is 2.10. The lowest BCUT2D eigenvalue weighted by Crippen LogP contribution is -2.28. The van der Waals surface area contributed by atoms with Crippen LogP contribution in [0.4, 0.5) is 4.79 Å². The zero-order valence-electron chi connectivity index (χ0n) is 8.81. The first-order valence-corrected chi connectivity index (χ1v) is 5.32. The normalized spacial score (nSPS) is 19.4. The van der Waals surface area contributed by atoms with E-state index in [1.807, 2.05) is 30.3 Å². The van der Waals surface area contributed by atoms with Crippen LogP contribution in [-0.2, 0) is 16.0 Å². The molecule has 4 nitrogen and oxygen atoms in total. The molecule has 1 aliphatic heterocycles. The van der Waals surface area contributed by atoms with Crippen LogP contribution in [0, 0.1) is 0 Å². The van der Waals surface area contributed by atoms with Crippen molar-refractivity contribution in [1.82, 2.24) is 5.32 Å². The second kappa shape index (κ2) is 4.79. The van der Waals surface area contributed by atoms with Crippen molar-refractivity contribution in [2.75, 3.05) is 0 Å². The van der Waals surface area contributed by atoms with E-state index in [-0.39, 0.29) is 0 Å². The van der Waals surface area contributed by atoms with Gasteiger partial charge in [-0.2, -0.15) is 0 Å². The maximum Gasteiger partial charge on any atom is 0.415 e. The fourth-order valence-corrected chi connectivity index (χ4v) is 1.74. The molecule has 1 fully saturated rings. The Morgan fingerprint density at radius 1 is 1.19 bits per heavy atom. The molecule has 0 aromatic heterocycles. The molecule has 0 spiro atoms. The van der Waals surface area contributed by atoms with Gasteiger partial charge in [0.25, 0.3) is 0 Å². The van der Waals surface area contributed by atoms with Gasteiger partial charge in [0.15, 0.2) is 0 Å². The summed E-state index contributed by atoms with van der Waals surface area (Å²) < 4.78 is 4.39. The van der Waals surface area contributed by atoms with Crippen LogP contribution in [-0.4, -0.2) is 18.1 Å². The number of aryl methyl sites for hydroxylation is 1. The summed E-state index contributed by atoms with van der Waals surface area (Å²) in [4.78, 5) is 21.9. The molecule has 1 saturated heterocycles. The van der Waals surface area contributed by atoms with Crippen molar-refractivity contribution in [3.05, 3.63) is 35.9 Å². The molecule has 4 heteroatoms. The van der Waals surface area contributed by atoms with E-state index in [1.165, 1.54) is 5.56 Å². The van der Waals surface area contributed by atoms with Gasteiger partial charge in [0, 0.05) is 0 Å². The summed E-state index contributed by atoms with van der Waals surface area (Å²) in [6.45, 7) is 0. The molecular weight excluding hydrogens is 206 g/mol. The highest BCUT2D eigenvalue weighted by Gasteiger charge is 2.31. The molecule has 1 aliphatic rings. The molecule has 0 unspecified atom stereocenters. The number of carbonyl (C=O) groups excluding carboxylic acids is 2. The van der Waals surface area contributed by atoms with Crippen molar-refractivity contribution in [1.29, 1.82) is 0 Å². The lowest BCUT2D eigenvalue weighted by atomic mass is 10.1. The number of esters is 1.